The molecule has 1 unspecified atom stereocenters. The number of rotatable bonds is 2. The molecule has 2 heteroatoms. The summed E-state index contributed by atoms with van der Waals surface area (Å²) in [6.45, 7) is 5.66. The van der Waals surface area contributed by atoms with Crippen molar-refractivity contribution in [3.63, 3.8) is 0 Å². The third-order valence-electron chi connectivity index (χ3n) is 5.54. The molecule has 23 heavy (non-hydrogen) atoms. The summed E-state index contributed by atoms with van der Waals surface area (Å²) in [7, 11) is 4.39. The maximum absolute atomic E-state index is 2.49. The topological polar surface area (TPSA) is 8.17 Å². The van der Waals surface area contributed by atoms with Crippen LogP contribution in [0.3, 0.4) is 0 Å². The fourth-order valence-corrected chi connectivity index (χ4v) is 4.11. The zero-order valence-corrected chi connectivity index (χ0v) is 14.6. The summed E-state index contributed by atoms with van der Waals surface area (Å²) in [6.07, 6.45) is 9.57. The van der Waals surface area contributed by atoms with Crippen LogP contribution in [0.25, 0.3) is 16.5 Å². The number of likely N-dealkylation sites (N-methyl/N-ethyl adjacent to an activating group) is 1. The van der Waals surface area contributed by atoms with Gasteiger partial charge in [-0.05, 0) is 56.5 Å². The molecule has 0 bridgehead atoms. The largest absolute Gasteiger partial charge is 0.345 e. The third kappa shape index (κ3) is 2.36. The van der Waals surface area contributed by atoms with Gasteiger partial charge in [0.2, 0.25) is 0 Å². The molecule has 1 aliphatic heterocycles. The highest BCUT2D eigenvalue weighted by Gasteiger charge is 2.25. The van der Waals surface area contributed by atoms with E-state index in [0.29, 0.717) is 12.0 Å². The van der Waals surface area contributed by atoms with Gasteiger partial charge in [0.25, 0.3) is 0 Å². The maximum Gasteiger partial charge on any atom is 0.0520 e. The highest BCUT2D eigenvalue weighted by Crippen LogP contribution is 2.38. The number of hydrogen-bond donors (Lipinski definition) is 0. The highest BCUT2D eigenvalue weighted by molar-refractivity contribution is 5.98. The monoisotopic (exact) mass is 306 g/mol. The van der Waals surface area contributed by atoms with Gasteiger partial charge in [0.05, 0.1) is 5.52 Å². The van der Waals surface area contributed by atoms with Crippen LogP contribution in [0.2, 0.25) is 0 Å². The van der Waals surface area contributed by atoms with E-state index in [1.807, 2.05) is 0 Å². The second-order valence-electron chi connectivity index (χ2n) is 7.51. The van der Waals surface area contributed by atoms with E-state index < -0.39 is 0 Å². The van der Waals surface area contributed by atoms with Crippen LogP contribution in [0.5, 0.6) is 0 Å². The first-order chi connectivity index (χ1) is 11.0. The predicted octanol–water partition coefficient (Wildman–Crippen LogP) is 4.50. The van der Waals surface area contributed by atoms with Crippen LogP contribution in [0.4, 0.5) is 0 Å². The highest BCUT2D eigenvalue weighted by atomic mass is 15.1. The first kappa shape index (κ1) is 14.8. The SMILES string of the molecule is CC1=CCC(C)C=C1c1cn2c3c(cccc13)C[C@@H](N(C)C)C2. The van der Waals surface area contributed by atoms with E-state index in [2.05, 4.69) is 74.0 Å². The summed E-state index contributed by atoms with van der Waals surface area (Å²) < 4.78 is 2.49. The summed E-state index contributed by atoms with van der Waals surface area (Å²) in [4.78, 5) is 2.36. The second-order valence-corrected chi connectivity index (χ2v) is 7.51. The van der Waals surface area contributed by atoms with Crippen molar-refractivity contribution in [2.45, 2.75) is 39.3 Å². The van der Waals surface area contributed by atoms with E-state index in [1.54, 1.807) is 0 Å². The molecule has 0 radical (unpaired) electrons. The molecule has 2 aromatic rings. The Kier molecular flexibility index (Phi) is 3.46. The lowest BCUT2D eigenvalue weighted by atomic mass is 9.88. The van der Waals surface area contributed by atoms with Gasteiger partial charge in [-0.25, -0.2) is 0 Å². The van der Waals surface area contributed by atoms with Crippen molar-refractivity contribution >= 4 is 16.5 Å². The molecule has 0 spiro atoms. The molecular weight excluding hydrogens is 280 g/mol. The first-order valence-electron chi connectivity index (χ1n) is 8.71. The quantitative estimate of drug-likeness (QED) is 0.793. The summed E-state index contributed by atoms with van der Waals surface area (Å²) in [5.41, 5.74) is 7.22. The summed E-state index contributed by atoms with van der Waals surface area (Å²) >= 11 is 0. The van der Waals surface area contributed by atoms with Gasteiger partial charge in [-0.2, -0.15) is 0 Å². The van der Waals surface area contributed by atoms with E-state index in [1.165, 1.54) is 39.6 Å². The average molecular weight is 306 g/mol. The van der Waals surface area contributed by atoms with Gasteiger partial charge in [-0.1, -0.05) is 37.3 Å². The standard InChI is InChI=1S/C21H26N2/c1-14-8-9-15(2)19(10-14)20-13-23-12-17(22(3)4)11-16-6-5-7-18(20)21(16)23/h5-7,9-10,13-14,17H,8,11-12H2,1-4H3/t14?,17-/m1/s1. The Morgan fingerprint density at radius 2 is 2.04 bits per heavy atom. The first-order valence-corrected chi connectivity index (χ1v) is 8.71. The van der Waals surface area contributed by atoms with Gasteiger partial charge in [0.15, 0.2) is 0 Å². The molecule has 0 saturated carbocycles. The summed E-state index contributed by atoms with van der Waals surface area (Å²) in [5.74, 6) is 0.634. The van der Waals surface area contributed by atoms with E-state index in [0.717, 1.165) is 13.0 Å². The molecule has 2 nitrogen and oxygen atoms in total. The van der Waals surface area contributed by atoms with Gasteiger partial charge in [-0.3, -0.25) is 0 Å². The predicted molar refractivity (Wildman–Crippen MR) is 98.6 cm³/mol. The zero-order chi connectivity index (χ0) is 16.1. The van der Waals surface area contributed by atoms with Crippen molar-refractivity contribution < 1.29 is 0 Å². The lowest BCUT2D eigenvalue weighted by Crippen LogP contribution is -2.36. The number of allylic oxidation sites excluding steroid dienone is 4. The van der Waals surface area contributed by atoms with Gasteiger partial charge in [0, 0.05) is 29.7 Å². The van der Waals surface area contributed by atoms with Gasteiger partial charge in [0.1, 0.15) is 0 Å². The van der Waals surface area contributed by atoms with Crippen LogP contribution in [-0.2, 0) is 13.0 Å². The van der Waals surface area contributed by atoms with Crippen molar-refractivity contribution in [1.29, 1.82) is 0 Å². The molecule has 0 amide bonds. The fourth-order valence-electron chi connectivity index (χ4n) is 4.11. The molecule has 0 N–H and O–H groups in total. The van der Waals surface area contributed by atoms with Crippen molar-refractivity contribution in [1.82, 2.24) is 9.47 Å². The van der Waals surface area contributed by atoms with E-state index in [4.69, 9.17) is 0 Å². The summed E-state index contributed by atoms with van der Waals surface area (Å²) in [5, 5.41) is 1.42. The fraction of sp³-hybridized carbons (Fsp3) is 0.429. The minimum Gasteiger partial charge on any atom is -0.345 e. The molecular formula is C21H26N2. The number of para-hydroxylation sites is 1. The molecule has 2 heterocycles. The Morgan fingerprint density at radius 1 is 1.22 bits per heavy atom. The van der Waals surface area contributed by atoms with Crippen LogP contribution in [0, 0.1) is 5.92 Å². The second kappa shape index (κ2) is 5.38. The number of benzene rings is 1. The molecule has 2 atom stereocenters. The van der Waals surface area contributed by atoms with E-state index >= 15 is 0 Å². The van der Waals surface area contributed by atoms with Gasteiger partial charge >= 0.3 is 0 Å². The lowest BCUT2D eigenvalue weighted by molar-refractivity contribution is 0.258. The summed E-state index contributed by atoms with van der Waals surface area (Å²) in [6, 6.07) is 7.42. The molecule has 120 valence electrons. The number of hydrogen-bond acceptors (Lipinski definition) is 1. The minimum absolute atomic E-state index is 0.587. The van der Waals surface area contributed by atoms with Crippen LogP contribution in [-0.4, -0.2) is 29.6 Å². The van der Waals surface area contributed by atoms with Crippen LogP contribution in [0.15, 0.2) is 42.1 Å². The van der Waals surface area contributed by atoms with Crippen molar-refractivity contribution in [3.8, 4) is 0 Å². The Labute approximate surface area is 139 Å². The maximum atomic E-state index is 2.49. The molecule has 0 saturated heterocycles. The van der Waals surface area contributed by atoms with Crippen molar-refractivity contribution in [2.75, 3.05) is 14.1 Å². The third-order valence-corrected chi connectivity index (χ3v) is 5.54. The number of nitrogens with zero attached hydrogens (tertiary/aromatic N) is 2. The Balaban J connectivity index is 1.89. The van der Waals surface area contributed by atoms with Crippen LogP contribution >= 0.6 is 0 Å². The molecule has 2 aliphatic rings. The average Bonchev–Trinajstić information content (AvgIpc) is 2.90. The van der Waals surface area contributed by atoms with Crippen molar-refractivity contribution in [2.24, 2.45) is 5.92 Å². The van der Waals surface area contributed by atoms with Crippen LogP contribution in [0.1, 0.15) is 31.4 Å². The Hall–Kier alpha value is -1.80. The van der Waals surface area contributed by atoms with Gasteiger partial charge in [-0.15, -0.1) is 0 Å². The lowest BCUT2D eigenvalue weighted by Gasteiger charge is -2.29. The molecule has 1 aliphatic carbocycles. The minimum atomic E-state index is 0.587. The van der Waals surface area contributed by atoms with E-state index in [-0.39, 0.29) is 0 Å². The normalized spacial score (nSPS) is 24.0. The van der Waals surface area contributed by atoms with Gasteiger partial charge < -0.3 is 9.47 Å². The molecule has 0 fully saturated rings. The Morgan fingerprint density at radius 3 is 2.83 bits per heavy atom. The van der Waals surface area contributed by atoms with Crippen molar-refractivity contribution in [3.05, 3.63) is 53.2 Å². The molecule has 1 aromatic carbocycles. The molecule has 1 aromatic heterocycles. The van der Waals surface area contributed by atoms with Crippen LogP contribution < -0.4 is 0 Å². The number of aromatic nitrogens is 1. The van der Waals surface area contributed by atoms with E-state index in [9.17, 15) is 0 Å². The molecule has 4 rings (SSSR count). The zero-order valence-electron chi connectivity index (χ0n) is 14.6. The smallest absolute Gasteiger partial charge is 0.0520 e. The Bertz CT molecular complexity index is 820.